The van der Waals surface area contributed by atoms with Crippen LogP contribution in [0.1, 0.15) is 20.8 Å². The van der Waals surface area contributed by atoms with Crippen molar-refractivity contribution in [2.75, 3.05) is 7.05 Å². The molecule has 0 fully saturated rings. The Bertz CT molecular complexity index is 823. The number of benzene rings is 2. The second-order valence-corrected chi connectivity index (χ2v) is 6.49. The van der Waals surface area contributed by atoms with Gasteiger partial charge in [-0.3, -0.25) is 4.79 Å². The molecule has 22 heavy (non-hydrogen) atoms. The highest BCUT2D eigenvalue weighted by atomic mass is 32.1. The highest BCUT2D eigenvalue weighted by molar-refractivity contribution is 7.20. The van der Waals surface area contributed by atoms with Crippen LogP contribution in [0.3, 0.4) is 0 Å². The summed E-state index contributed by atoms with van der Waals surface area (Å²) in [5, 5.41) is 0.514. The number of aryl methyl sites for hydroxylation is 1. The van der Waals surface area contributed by atoms with Crippen LogP contribution >= 0.6 is 11.3 Å². The van der Waals surface area contributed by atoms with Gasteiger partial charge in [-0.25, -0.2) is 4.39 Å². The van der Waals surface area contributed by atoms with Crippen molar-refractivity contribution < 1.29 is 9.18 Å². The van der Waals surface area contributed by atoms with Crippen molar-refractivity contribution in [2.24, 2.45) is 0 Å². The van der Waals surface area contributed by atoms with E-state index in [1.807, 2.05) is 37.3 Å². The lowest BCUT2D eigenvalue weighted by Crippen LogP contribution is -2.25. The maximum Gasteiger partial charge on any atom is 0.264 e. The first-order valence-corrected chi connectivity index (χ1v) is 7.85. The Labute approximate surface area is 132 Å². The summed E-state index contributed by atoms with van der Waals surface area (Å²) in [6, 6.07) is 14.7. The standard InChI is InChI=1S/C18H16FNOS/c1-12-6-8-13(9-7-12)11-20(2)18(21)17-10-14-15(19)4-3-5-16(14)22-17/h3-10H,11H2,1-2H3. The van der Waals surface area contributed by atoms with Crippen LogP contribution in [-0.2, 0) is 6.54 Å². The van der Waals surface area contributed by atoms with E-state index in [4.69, 9.17) is 0 Å². The Hall–Kier alpha value is -2.20. The Kier molecular flexibility index (Phi) is 3.94. The maximum absolute atomic E-state index is 13.7. The van der Waals surface area contributed by atoms with Gasteiger partial charge in [-0.05, 0) is 30.7 Å². The predicted octanol–water partition coefficient (Wildman–Crippen LogP) is 4.62. The molecular weight excluding hydrogens is 297 g/mol. The highest BCUT2D eigenvalue weighted by Crippen LogP contribution is 2.28. The van der Waals surface area contributed by atoms with E-state index in [9.17, 15) is 9.18 Å². The third-order valence-corrected chi connectivity index (χ3v) is 4.69. The molecule has 1 heterocycles. The molecule has 0 aliphatic rings. The third-order valence-electron chi connectivity index (χ3n) is 3.61. The average Bonchev–Trinajstić information content (AvgIpc) is 2.94. The Balaban J connectivity index is 1.82. The zero-order valence-electron chi connectivity index (χ0n) is 12.5. The molecule has 1 aromatic heterocycles. The SMILES string of the molecule is Cc1ccc(CN(C)C(=O)c2cc3c(F)cccc3s2)cc1. The first-order valence-electron chi connectivity index (χ1n) is 7.03. The van der Waals surface area contributed by atoms with Crippen molar-refractivity contribution >= 4 is 27.3 Å². The van der Waals surface area contributed by atoms with Crippen LogP contribution in [0.2, 0.25) is 0 Å². The predicted molar refractivity (Wildman–Crippen MR) is 88.8 cm³/mol. The Morgan fingerprint density at radius 2 is 1.91 bits per heavy atom. The first-order chi connectivity index (χ1) is 10.5. The fourth-order valence-corrected chi connectivity index (χ4v) is 3.43. The largest absolute Gasteiger partial charge is 0.337 e. The number of amides is 1. The van der Waals surface area contributed by atoms with Crippen molar-refractivity contribution in [1.29, 1.82) is 0 Å². The molecule has 0 unspecified atom stereocenters. The van der Waals surface area contributed by atoms with E-state index < -0.39 is 0 Å². The number of carbonyl (C=O) groups excluding carboxylic acids is 1. The molecule has 0 radical (unpaired) electrons. The molecular formula is C18H16FNOS. The maximum atomic E-state index is 13.7. The monoisotopic (exact) mass is 313 g/mol. The van der Waals surface area contributed by atoms with E-state index in [0.29, 0.717) is 16.8 Å². The number of rotatable bonds is 3. The van der Waals surface area contributed by atoms with Crippen LogP contribution in [0.5, 0.6) is 0 Å². The number of nitrogens with zero attached hydrogens (tertiary/aromatic N) is 1. The molecule has 3 aromatic rings. The summed E-state index contributed by atoms with van der Waals surface area (Å²) in [6.07, 6.45) is 0. The first kappa shape index (κ1) is 14.7. The summed E-state index contributed by atoms with van der Waals surface area (Å²) in [5.74, 6) is -0.366. The molecule has 1 amide bonds. The molecule has 0 saturated heterocycles. The van der Waals surface area contributed by atoms with E-state index in [-0.39, 0.29) is 11.7 Å². The molecule has 0 bridgehead atoms. The molecule has 0 N–H and O–H groups in total. The van der Waals surface area contributed by atoms with Crippen molar-refractivity contribution in [3.05, 3.63) is 70.4 Å². The lowest BCUT2D eigenvalue weighted by Gasteiger charge is -2.16. The summed E-state index contributed by atoms with van der Waals surface area (Å²) >= 11 is 1.33. The fraction of sp³-hybridized carbons (Fsp3) is 0.167. The van der Waals surface area contributed by atoms with Crippen molar-refractivity contribution in [1.82, 2.24) is 4.90 Å². The van der Waals surface area contributed by atoms with Crippen molar-refractivity contribution in [3.63, 3.8) is 0 Å². The molecule has 0 saturated carbocycles. The topological polar surface area (TPSA) is 20.3 Å². The summed E-state index contributed by atoms with van der Waals surface area (Å²) in [5.41, 5.74) is 2.27. The van der Waals surface area contributed by atoms with Gasteiger partial charge in [0.05, 0.1) is 4.88 Å². The van der Waals surface area contributed by atoms with Crippen LogP contribution in [0.4, 0.5) is 4.39 Å². The number of hydrogen-bond acceptors (Lipinski definition) is 2. The molecule has 0 aliphatic heterocycles. The van der Waals surface area contributed by atoms with Gasteiger partial charge in [0.25, 0.3) is 5.91 Å². The summed E-state index contributed by atoms with van der Waals surface area (Å²) in [6.45, 7) is 2.57. The lowest BCUT2D eigenvalue weighted by atomic mass is 10.1. The van der Waals surface area contributed by atoms with Crippen molar-refractivity contribution in [3.8, 4) is 0 Å². The Morgan fingerprint density at radius 3 is 2.59 bits per heavy atom. The van der Waals surface area contributed by atoms with Crippen LogP contribution in [-0.4, -0.2) is 17.9 Å². The second-order valence-electron chi connectivity index (χ2n) is 5.41. The normalized spacial score (nSPS) is 10.9. The van der Waals surface area contributed by atoms with Gasteiger partial charge in [0.15, 0.2) is 0 Å². The number of hydrogen-bond donors (Lipinski definition) is 0. The van der Waals surface area contributed by atoms with E-state index in [0.717, 1.165) is 10.3 Å². The molecule has 0 atom stereocenters. The zero-order chi connectivity index (χ0) is 15.7. The van der Waals surface area contributed by atoms with Crippen molar-refractivity contribution in [2.45, 2.75) is 13.5 Å². The fourth-order valence-electron chi connectivity index (χ4n) is 2.36. The van der Waals surface area contributed by atoms with E-state index >= 15 is 0 Å². The minimum Gasteiger partial charge on any atom is -0.337 e. The van der Waals surface area contributed by atoms with Crippen LogP contribution in [0, 0.1) is 12.7 Å². The van der Waals surface area contributed by atoms with Gasteiger partial charge in [0.2, 0.25) is 0 Å². The van der Waals surface area contributed by atoms with Gasteiger partial charge in [0, 0.05) is 23.7 Å². The minimum absolute atomic E-state index is 0.0822. The molecule has 0 spiro atoms. The number of thiophene rings is 1. The Morgan fingerprint density at radius 1 is 1.18 bits per heavy atom. The van der Waals surface area contributed by atoms with E-state index in [1.165, 1.54) is 23.0 Å². The second kappa shape index (κ2) is 5.89. The third kappa shape index (κ3) is 2.88. The zero-order valence-corrected chi connectivity index (χ0v) is 13.3. The molecule has 2 aromatic carbocycles. The summed E-state index contributed by atoms with van der Waals surface area (Å²) in [7, 11) is 1.77. The highest BCUT2D eigenvalue weighted by Gasteiger charge is 2.16. The van der Waals surface area contributed by atoms with E-state index in [2.05, 4.69) is 0 Å². The molecule has 112 valence electrons. The summed E-state index contributed by atoms with van der Waals surface area (Å²) in [4.78, 5) is 14.7. The van der Waals surface area contributed by atoms with Crippen LogP contribution in [0.15, 0.2) is 48.5 Å². The molecule has 3 rings (SSSR count). The minimum atomic E-state index is -0.283. The van der Waals surface area contributed by atoms with Gasteiger partial charge in [-0.1, -0.05) is 35.9 Å². The van der Waals surface area contributed by atoms with Gasteiger partial charge in [-0.2, -0.15) is 0 Å². The number of halogens is 1. The van der Waals surface area contributed by atoms with E-state index in [1.54, 1.807) is 24.1 Å². The molecule has 0 aliphatic carbocycles. The quantitative estimate of drug-likeness (QED) is 0.691. The van der Waals surface area contributed by atoms with Gasteiger partial charge >= 0.3 is 0 Å². The van der Waals surface area contributed by atoms with Crippen LogP contribution < -0.4 is 0 Å². The number of carbonyl (C=O) groups is 1. The molecule has 4 heteroatoms. The van der Waals surface area contributed by atoms with Gasteiger partial charge < -0.3 is 4.90 Å². The lowest BCUT2D eigenvalue weighted by molar-refractivity contribution is 0.0790. The average molecular weight is 313 g/mol. The van der Waals surface area contributed by atoms with Gasteiger partial charge in [0.1, 0.15) is 5.82 Å². The van der Waals surface area contributed by atoms with Gasteiger partial charge in [-0.15, -0.1) is 11.3 Å². The smallest absolute Gasteiger partial charge is 0.264 e. The number of fused-ring (bicyclic) bond motifs is 1. The van der Waals surface area contributed by atoms with Crippen LogP contribution in [0.25, 0.3) is 10.1 Å². The summed E-state index contributed by atoms with van der Waals surface area (Å²) < 4.78 is 14.5. The molecule has 2 nitrogen and oxygen atoms in total.